The Morgan fingerprint density at radius 2 is 1.74 bits per heavy atom. The number of hydrogen-bond donors (Lipinski definition) is 2. The molecule has 1 aromatic carbocycles. The molecule has 3 atom stereocenters. The molecule has 0 spiro atoms. The lowest BCUT2D eigenvalue weighted by Gasteiger charge is -2.23. The van der Waals surface area contributed by atoms with E-state index in [4.69, 9.17) is 5.73 Å². The van der Waals surface area contributed by atoms with Gasteiger partial charge >= 0.3 is 0 Å². The van der Waals surface area contributed by atoms with Gasteiger partial charge in [-0.3, -0.25) is 4.98 Å². The lowest BCUT2D eigenvalue weighted by Crippen LogP contribution is -2.21. The molecule has 3 nitrogen and oxygen atoms in total. The summed E-state index contributed by atoms with van der Waals surface area (Å²) in [7, 11) is 0. The van der Waals surface area contributed by atoms with Crippen LogP contribution in [0.3, 0.4) is 0 Å². The molecule has 126 valence electrons. The van der Waals surface area contributed by atoms with Crippen LogP contribution in [0.15, 0.2) is 36.5 Å². The average molecular weight is 363 g/mol. The molecule has 0 unspecified atom stereocenters. The van der Waals surface area contributed by atoms with Gasteiger partial charge in [0, 0.05) is 18.2 Å². The molecule has 1 heterocycles. The number of hydrogen-bond acceptors (Lipinski definition) is 3. The molecule has 0 aliphatic heterocycles. The minimum atomic E-state index is -0.879. The van der Waals surface area contributed by atoms with Gasteiger partial charge < -0.3 is 10.8 Å². The second-order valence-corrected chi connectivity index (χ2v) is 5.35. The third-order valence-electron chi connectivity index (χ3n) is 4.11. The summed E-state index contributed by atoms with van der Waals surface area (Å²) >= 11 is 0. The summed E-state index contributed by atoms with van der Waals surface area (Å²) in [5.41, 5.74) is 7.74. The first kappa shape index (κ1) is 19.8. The monoisotopic (exact) mass is 362 g/mol. The van der Waals surface area contributed by atoms with Gasteiger partial charge in [-0.2, -0.15) is 0 Å². The topological polar surface area (TPSA) is 59.1 Å². The highest BCUT2D eigenvalue weighted by atomic mass is 35.5. The average Bonchev–Trinajstić information content (AvgIpc) is 2.62. The zero-order valence-electron chi connectivity index (χ0n) is 12.2. The Morgan fingerprint density at radius 1 is 1.04 bits per heavy atom. The van der Waals surface area contributed by atoms with Crippen LogP contribution in [0.5, 0.6) is 0 Å². The Bertz CT molecular complexity index is 672. The van der Waals surface area contributed by atoms with Crippen LogP contribution in [-0.4, -0.2) is 10.1 Å². The molecule has 7 heteroatoms. The number of rotatable bonds is 1. The van der Waals surface area contributed by atoms with Gasteiger partial charge in [0.2, 0.25) is 0 Å². The first-order valence-electron chi connectivity index (χ1n) is 6.92. The highest BCUT2D eigenvalue weighted by molar-refractivity contribution is 5.85. The highest BCUT2D eigenvalue weighted by Crippen LogP contribution is 2.41. The summed E-state index contributed by atoms with van der Waals surface area (Å²) < 4.78 is 27.5. The minimum Gasteiger partial charge on any atom is -0.387 e. The molecule has 1 aromatic heterocycles. The van der Waals surface area contributed by atoms with Crippen molar-refractivity contribution in [2.24, 2.45) is 5.73 Å². The van der Waals surface area contributed by atoms with Gasteiger partial charge in [0.25, 0.3) is 0 Å². The Kier molecular flexibility index (Phi) is 6.89. The van der Waals surface area contributed by atoms with E-state index in [2.05, 4.69) is 4.98 Å². The number of nitrogens with two attached hydrogens (primary N) is 1. The Balaban J connectivity index is 0.00000132. The van der Waals surface area contributed by atoms with Crippen LogP contribution < -0.4 is 5.73 Å². The van der Waals surface area contributed by atoms with Crippen molar-refractivity contribution in [2.45, 2.75) is 30.9 Å². The number of benzene rings is 1. The SMILES string of the molecule is Cl.Cl.N[C@@H]1c2cccnc2[C@H](O)CC[C@@H]1c1cccc(F)c1F. The van der Waals surface area contributed by atoms with Crippen molar-refractivity contribution >= 4 is 24.8 Å². The second kappa shape index (κ2) is 8.02. The van der Waals surface area contributed by atoms with E-state index in [1.165, 1.54) is 6.07 Å². The van der Waals surface area contributed by atoms with Crippen LogP contribution in [0.1, 0.15) is 47.7 Å². The maximum atomic E-state index is 14.1. The number of pyridine rings is 1. The van der Waals surface area contributed by atoms with Crippen molar-refractivity contribution in [1.82, 2.24) is 4.98 Å². The van der Waals surface area contributed by atoms with Crippen molar-refractivity contribution in [1.29, 1.82) is 0 Å². The minimum absolute atomic E-state index is 0. The molecular weight excluding hydrogens is 345 g/mol. The van der Waals surface area contributed by atoms with Crippen LogP contribution in [0, 0.1) is 11.6 Å². The largest absolute Gasteiger partial charge is 0.387 e. The highest BCUT2D eigenvalue weighted by Gasteiger charge is 2.32. The van der Waals surface area contributed by atoms with Gasteiger partial charge in [-0.15, -0.1) is 24.8 Å². The molecule has 23 heavy (non-hydrogen) atoms. The Morgan fingerprint density at radius 3 is 2.48 bits per heavy atom. The number of nitrogens with zero attached hydrogens (tertiary/aromatic N) is 1. The summed E-state index contributed by atoms with van der Waals surface area (Å²) in [5, 5.41) is 10.2. The van der Waals surface area contributed by atoms with E-state index in [9.17, 15) is 13.9 Å². The lowest BCUT2D eigenvalue weighted by molar-refractivity contribution is 0.160. The maximum Gasteiger partial charge on any atom is 0.162 e. The second-order valence-electron chi connectivity index (χ2n) is 5.35. The molecule has 1 aliphatic rings. The van der Waals surface area contributed by atoms with E-state index >= 15 is 0 Å². The molecule has 2 aromatic rings. The summed E-state index contributed by atoms with van der Waals surface area (Å²) in [4.78, 5) is 4.18. The zero-order chi connectivity index (χ0) is 15.0. The van der Waals surface area contributed by atoms with Crippen LogP contribution >= 0.6 is 24.8 Å². The number of aliphatic hydroxyl groups excluding tert-OH is 1. The van der Waals surface area contributed by atoms with E-state index in [1.54, 1.807) is 24.4 Å². The third kappa shape index (κ3) is 3.63. The van der Waals surface area contributed by atoms with Gasteiger partial charge in [0.1, 0.15) is 0 Å². The molecule has 3 N–H and O–H groups in total. The van der Waals surface area contributed by atoms with E-state index in [0.717, 1.165) is 6.07 Å². The standard InChI is InChI=1S/C16H16F2N2O.2ClH/c17-12-5-1-3-9(14(12)18)10-6-7-13(21)16-11(15(10)19)4-2-8-20-16;;/h1-5,8,10,13,15,21H,6-7,19H2;2*1H/t10-,13-,15+;;/m1../s1. The van der Waals surface area contributed by atoms with Crippen molar-refractivity contribution in [3.05, 3.63) is 65.0 Å². The van der Waals surface area contributed by atoms with Crippen molar-refractivity contribution < 1.29 is 13.9 Å². The molecule has 0 amide bonds. The molecule has 0 bridgehead atoms. The summed E-state index contributed by atoms with van der Waals surface area (Å²) in [6.45, 7) is 0. The van der Waals surface area contributed by atoms with Crippen molar-refractivity contribution in [3.8, 4) is 0 Å². The molecule has 1 aliphatic carbocycles. The van der Waals surface area contributed by atoms with E-state index in [-0.39, 0.29) is 36.3 Å². The van der Waals surface area contributed by atoms with Crippen LogP contribution in [0.25, 0.3) is 0 Å². The maximum absolute atomic E-state index is 14.1. The number of aromatic nitrogens is 1. The van der Waals surface area contributed by atoms with Crippen LogP contribution in [0.4, 0.5) is 8.78 Å². The molecule has 0 saturated heterocycles. The van der Waals surface area contributed by atoms with Gasteiger partial charge in [0.15, 0.2) is 11.6 Å². The predicted octanol–water partition coefficient (Wildman–Crippen LogP) is 3.81. The molecule has 0 fully saturated rings. The summed E-state index contributed by atoms with van der Waals surface area (Å²) in [6.07, 6.45) is 1.75. The zero-order valence-corrected chi connectivity index (χ0v) is 13.8. The lowest BCUT2D eigenvalue weighted by atomic mass is 9.86. The first-order chi connectivity index (χ1) is 10.1. The first-order valence-corrected chi connectivity index (χ1v) is 6.92. The van der Waals surface area contributed by atoms with Gasteiger partial charge in [-0.25, -0.2) is 8.78 Å². The van der Waals surface area contributed by atoms with E-state index in [0.29, 0.717) is 24.1 Å². The fraction of sp³-hybridized carbons (Fsp3) is 0.312. The summed E-state index contributed by atoms with van der Waals surface area (Å²) in [6, 6.07) is 7.11. The number of halogens is 4. The fourth-order valence-electron chi connectivity index (χ4n) is 3.02. The number of aliphatic hydroxyl groups is 1. The third-order valence-corrected chi connectivity index (χ3v) is 4.11. The van der Waals surface area contributed by atoms with Crippen molar-refractivity contribution in [3.63, 3.8) is 0 Å². The van der Waals surface area contributed by atoms with Crippen LogP contribution in [-0.2, 0) is 0 Å². The number of fused-ring (bicyclic) bond motifs is 1. The van der Waals surface area contributed by atoms with Gasteiger partial charge in [-0.1, -0.05) is 18.2 Å². The fourth-order valence-corrected chi connectivity index (χ4v) is 3.02. The van der Waals surface area contributed by atoms with Gasteiger partial charge in [0.05, 0.1) is 11.8 Å². The van der Waals surface area contributed by atoms with E-state index < -0.39 is 23.8 Å². The van der Waals surface area contributed by atoms with Crippen LogP contribution in [0.2, 0.25) is 0 Å². The normalized spacial score (nSPS) is 23.0. The molecular formula is C16H18Cl2F2N2O. The quantitative estimate of drug-likeness (QED) is 0.758. The predicted molar refractivity (Wildman–Crippen MR) is 89.0 cm³/mol. The Labute approximate surface area is 145 Å². The van der Waals surface area contributed by atoms with E-state index in [1.807, 2.05) is 0 Å². The molecule has 0 radical (unpaired) electrons. The molecule has 3 rings (SSSR count). The molecule has 0 saturated carbocycles. The summed E-state index contributed by atoms with van der Waals surface area (Å²) in [5.74, 6) is -2.13. The van der Waals surface area contributed by atoms with Crippen molar-refractivity contribution in [2.75, 3.05) is 0 Å². The van der Waals surface area contributed by atoms with Gasteiger partial charge in [-0.05, 0) is 36.1 Å². The Hall–Kier alpha value is -1.27. The smallest absolute Gasteiger partial charge is 0.162 e.